The molecular weight excluding hydrogens is 441 g/mol. The van der Waals surface area contributed by atoms with E-state index in [0.717, 1.165) is 23.4 Å². The number of hydrogen-bond donors (Lipinski definition) is 0. The van der Waals surface area contributed by atoms with Gasteiger partial charge in [-0.2, -0.15) is 13.2 Å². The molecule has 0 N–H and O–H groups in total. The van der Waals surface area contributed by atoms with Gasteiger partial charge >= 0.3 is 6.18 Å². The van der Waals surface area contributed by atoms with E-state index in [-0.39, 0.29) is 30.5 Å². The van der Waals surface area contributed by atoms with Gasteiger partial charge in [-0.1, -0.05) is 61.8 Å². The zero-order valence-corrected chi connectivity index (χ0v) is 19.0. The number of hydrogen-bond acceptors (Lipinski definition) is 3. The maximum absolute atomic E-state index is 13.0. The lowest BCUT2D eigenvalue weighted by atomic mass is 9.91. The van der Waals surface area contributed by atoms with Gasteiger partial charge in [-0.05, 0) is 40.8 Å². The van der Waals surface area contributed by atoms with Crippen molar-refractivity contribution in [3.8, 4) is 0 Å². The quantitative estimate of drug-likeness (QED) is 0.500. The van der Waals surface area contributed by atoms with E-state index in [2.05, 4.69) is 5.16 Å². The molecule has 3 rings (SSSR count). The van der Waals surface area contributed by atoms with Gasteiger partial charge in [-0.25, -0.2) is 0 Å². The first-order valence-electron chi connectivity index (χ1n) is 10.3. The SMILES string of the molecule is CC(C)(C)CC(=O)N(Cc1ccc(C(F)(F)F)cc1)C[C@@H]1CC(c2ccc(Cl)cc2)=NO1. The second-order valence-electron chi connectivity index (χ2n) is 9.18. The van der Waals surface area contributed by atoms with Crippen LogP contribution in [0.4, 0.5) is 13.2 Å². The smallest absolute Gasteiger partial charge is 0.390 e. The third-order valence-corrected chi connectivity index (χ3v) is 5.28. The second-order valence-corrected chi connectivity index (χ2v) is 9.62. The highest BCUT2D eigenvalue weighted by molar-refractivity contribution is 6.30. The van der Waals surface area contributed by atoms with Gasteiger partial charge in [0.2, 0.25) is 5.91 Å². The van der Waals surface area contributed by atoms with Crippen molar-refractivity contribution in [3.05, 3.63) is 70.2 Å². The third kappa shape index (κ3) is 6.73. The molecule has 172 valence electrons. The summed E-state index contributed by atoms with van der Waals surface area (Å²) in [6.45, 7) is 6.39. The Balaban J connectivity index is 1.71. The van der Waals surface area contributed by atoms with Gasteiger partial charge in [-0.3, -0.25) is 4.79 Å². The molecule has 1 heterocycles. The summed E-state index contributed by atoms with van der Waals surface area (Å²) in [6.07, 6.45) is -3.90. The minimum absolute atomic E-state index is 0.0825. The molecule has 0 radical (unpaired) electrons. The van der Waals surface area contributed by atoms with Crippen molar-refractivity contribution in [2.45, 2.75) is 52.4 Å². The van der Waals surface area contributed by atoms with Crippen LogP contribution in [0.3, 0.4) is 0 Å². The minimum atomic E-state index is -4.40. The molecule has 0 aromatic heterocycles. The summed E-state index contributed by atoms with van der Waals surface area (Å²) < 4.78 is 38.6. The number of nitrogens with zero attached hydrogens (tertiary/aromatic N) is 2. The van der Waals surface area contributed by atoms with Gasteiger partial charge < -0.3 is 9.74 Å². The van der Waals surface area contributed by atoms with E-state index in [9.17, 15) is 18.0 Å². The zero-order chi connectivity index (χ0) is 23.5. The molecule has 2 aromatic carbocycles. The number of halogens is 4. The molecule has 1 aliphatic heterocycles. The van der Waals surface area contributed by atoms with Crippen LogP contribution in [0.25, 0.3) is 0 Å². The van der Waals surface area contributed by atoms with Crippen LogP contribution >= 0.6 is 11.6 Å². The Kier molecular flexibility index (Phi) is 7.18. The van der Waals surface area contributed by atoms with Crippen molar-refractivity contribution >= 4 is 23.2 Å². The lowest BCUT2D eigenvalue weighted by molar-refractivity contribution is -0.138. The zero-order valence-electron chi connectivity index (χ0n) is 18.2. The van der Waals surface area contributed by atoms with Crippen LogP contribution < -0.4 is 0 Å². The highest BCUT2D eigenvalue weighted by Gasteiger charge is 2.31. The largest absolute Gasteiger partial charge is 0.416 e. The summed E-state index contributed by atoms with van der Waals surface area (Å²) in [5.74, 6) is -0.0825. The van der Waals surface area contributed by atoms with Gasteiger partial charge in [0.05, 0.1) is 17.8 Å². The molecule has 8 heteroatoms. The van der Waals surface area contributed by atoms with Gasteiger partial charge in [-0.15, -0.1) is 0 Å². The predicted molar refractivity (Wildman–Crippen MR) is 118 cm³/mol. The van der Waals surface area contributed by atoms with E-state index in [0.29, 0.717) is 23.4 Å². The number of oxime groups is 1. The van der Waals surface area contributed by atoms with Gasteiger partial charge in [0.1, 0.15) is 0 Å². The first-order chi connectivity index (χ1) is 14.9. The minimum Gasteiger partial charge on any atom is -0.390 e. The fourth-order valence-corrected chi connectivity index (χ4v) is 3.55. The first-order valence-corrected chi connectivity index (χ1v) is 10.7. The van der Waals surface area contributed by atoms with Gasteiger partial charge in [0.25, 0.3) is 0 Å². The average Bonchev–Trinajstić information content (AvgIpc) is 3.15. The fourth-order valence-electron chi connectivity index (χ4n) is 3.42. The number of benzene rings is 2. The van der Waals surface area contributed by atoms with E-state index >= 15 is 0 Å². The molecule has 0 unspecified atom stereocenters. The molecule has 1 atom stereocenters. The third-order valence-electron chi connectivity index (χ3n) is 5.02. The van der Waals surface area contributed by atoms with Gasteiger partial charge in [0.15, 0.2) is 6.10 Å². The highest BCUT2D eigenvalue weighted by Crippen LogP contribution is 2.30. The van der Waals surface area contributed by atoms with Crippen LogP contribution in [-0.4, -0.2) is 29.2 Å². The van der Waals surface area contributed by atoms with E-state index in [1.54, 1.807) is 17.0 Å². The summed E-state index contributed by atoms with van der Waals surface area (Å²) in [7, 11) is 0. The summed E-state index contributed by atoms with van der Waals surface area (Å²) in [4.78, 5) is 20.2. The van der Waals surface area contributed by atoms with Crippen molar-refractivity contribution < 1.29 is 22.8 Å². The van der Waals surface area contributed by atoms with Crippen molar-refractivity contribution in [2.24, 2.45) is 10.6 Å². The lowest BCUT2D eigenvalue weighted by Crippen LogP contribution is -2.38. The molecule has 2 aromatic rings. The summed E-state index contributed by atoms with van der Waals surface area (Å²) in [5.41, 5.74) is 1.35. The molecule has 0 saturated heterocycles. The topological polar surface area (TPSA) is 41.9 Å². The van der Waals surface area contributed by atoms with E-state index < -0.39 is 11.7 Å². The van der Waals surface area contributed by atoms with Crippen LogP contribution in [0.1, 0.15) is 50.3 Å². The maximum atomic E-state index is 13.0. The Morgan fingerprint density at radius 1 is 1.09 bits per heavy atom. The van der Waals surface area contributed by atoms with E-state index in [1.807, 2.05) is 32.9 Å². The van der Waals surface area contributed by atoms with Crippen LogP contribution in [0.15, 0.2) is 53.7 Å². The fraction of sp³-hybridized carbons (Fsp3) is 0.417. The molecular formula is C24H26ClF3N2O2. The summed E-state index contributed by atoms with van der Waals surface area (Å²) >= 11 is 5.94. The molecule has 0 spiro atoms. The van der Waals surface area contributed by atoms with E-state index in [4.69, 9.17) is 16.4 Å². The average molecular weight is 467 g/mol. The van der Waals surface area contributed by atoms with Crippen LogP contribution in [0.5, 0.6) is 0 Å². The molecule has 1 amide bonds. The molecule has 0 saturated carbocycles. The summed E-state index contributed by atoms with van der Waals surface area (Å²) in [5, 5.41) is 4.79. The van der Waals surface area contributed by atoms with Gasteiger partial charge in [0, 0.05) is 24.4 Å². The number of carbonyl (C=O) groups is 1. The number of alkyl halides is 3. The molecule has 4 nitrogen and oxygen atoms in total. The summed E-state index contributed by atoms with van der Waals surface area (Å²) in [6, 6.07) is 12.2. The Morgan fingerprint density at radius 3 is 2.28 bits per heavy atom. The van der Waals surface area contributed by atoms with Crippen molar-refractivity contribution in [1.29, 1.82) is 0 Å². The molecule has 32 heavy (non-hydrogen) atoms. The highest BCUT2D eigenvalue weighted by atomic mass is 35.5. The van der Waals surface area contributed by atoms with E-state index in [1.165, 1.54) is 12.1 Å². The van der Waals surface area contributed by atoms with Crippen molar-refractivity contribution in [2.75, 3.05) is 6.54 Å². The number of carbonyl (C=O) groups excluding carboxylic acids is 1. The maximum Gasteiger partial charge on any atom is 0.416 e. The first kappa shape index (κ1) is 24.1. The van der Waals surface area contributed by atoms with Crippen molar-refractivity contribution in [3.63, 3.8) is 0 Å². The monoisotopic (exact) mass is 466 g/mol. The molecule has 0 aliphatic carbocycles. The normalized spacial score (nSPS) is 16.5. The van der Waals surface area contributed by atoms with Crippen LogP contribution in [0.2, 0.25) is 5.02 Å². The number of rotatable bonds is 6. The second kappa shape index (κ2) is 9.53. The predicted octanol–water partition coefficient (Wildman–Crippen LogP) is 6.32. The Labute approximate surface area is 191 Å². The number of amides is 1. The molecule has 0 fully saturated rings. The molecule has 0 bridgehead atoms. The van der Waals surface area contributed by atoms with Crippen LogP contribution in [-0.2, 0) is 22.4 Å². The Morgan fingerprint density at radius 2 is 1.72 bits per heavy atom. The Hall–Kier alpha value is -2.54. The van der Waals surface area contributed by atoms with Crippen LogP contribution in [0, 0.1) is 5.41 Å². The lowest BCUT2D eigenvalue weighted by Gasteiger charge is -2.28. The Bertz CT molecular complexity index is 965. The standard InChI is InChI=1S/C24H26ClF3N2O2/c1-23(2,3)13-22(31)30(14-16-4-8-18(9-5-16)24(26,27)28)15-20-12-21(29-32-20)17-6-10-19(25)11-7-17/h4-11,20H,12-15H2,1-3H3/t20-/m0/s1. The molecule has 1 aliphatic rings. The van der Waals surface area contributed by atoms with Crippen molar-refractivity contribution in [1.82, 2.24) is 4.90 Å².